The van der Waals surface area contributed by atoms with Crippen LogP contribution < -0.4 is 4.90 Å². The number of aromatic nitrogens is 1. The lowest BCUT2D eigenvalue weighted by Gasteiger charge is -2.19. The molecule has 2 aromatic rings. The largest absolute Gasteiger partial charge is 0.313 e. The summed E-state index contributed by atoms with van der Waals surface area (Å²) >= 11 is 3.49. The summed E-state index contributed by atoms with van der Waals surface area (Å²) in [5.74, 6) is -0.0236. The minimum atomic E-state index is -0.432. The second kappa shape index (κ2) is 5.41. The van der Waals surface area contributed by atoms with Crippen LogP contribution in [0.5, 0.6) is 0 Å². The van der Waals surface area contributed by atoms with Gasteiger partial charge in [-0.05, 0) is 37.3 Å². The van der Waals surface area contributed by atoms with Gasteiger partial charge in [0.05, 0.1) is 17.1 Å². The number of carbonyl (C=O) groups excluding carboxylic acids is 1. The zero-order valence-electron chi connectivity index (χ0n) is 11.7. The van der Waals surface area contributed by atoms with Crippen LogP contribution in [0.1, 0.15) is 18.2 Å². The van der Waals surface area contributed by atoms with Gasteiger partial charge in [0.2, 0.25) is 0 Å². The average Bonchev–Trinajstić information content (AvgIpc) is 2.59. The van der Waals surface area contributed by atoms with Gasteiger partial charge in [-0.25, -0.2) is 0 Å². The van der Waals surface area contributed by atoms with Gasteiger partial charge in [-0.2, -0.15) is 0 Å². The number of pyridine rings is 1. The lowest BCUT2D eigenvalue weighted by Crippen LogP contribution is -2.32. The number of benzene rings is 1. The fourth-order valence-corrected chi connectivity index (χ4v) is 2.78. The van der Waals surface area contributed by atoms with E-state index in [2.05, 4.69) is 25.9 Å². The summed E-state index contributed by atoms with van der Waals surface area (Å²) in [5.41, 5.74) is 3.27. The second-order valence-electron chi connectivity index (χ2n) is 4.93. The molecule has 0 saturated carbocycles. The number of likely N-dealkylation sites (N-methyl/N-ethyl adjacent to an activating group) is 1. The van der Waals surface area contributed by atoms with Crippen molar-refractivity contribution in [2.24, 2.45) is 4.99 Å². The molecule has 1 aliphatic rings. The molecule has 0 fully saturated rings. The van der Waals surface area contributed by atoms with Crippen molar-refractivity contribution >= 4 is 33.2 Å². The van der Waals surface area contributed by atoms with E-state index in [1.807, 2.05) is 43.3 Å². The normalized spacial score (nSPS) is 18.0. The van der Waals surface area contributed by atoms with Crippen molar-refractivity contribution < 1.29 is 4.79 Å². The Balaban J connectivity index is 2.27. The molecule has 0 radical (unpaired) electrons. The zero-order valence-corrected chi connectivity index (χ0v) is 13.3. The minimum Gasteiger partial charge on any atom is -0.313 e. The summed E-state index contributed by atoms with van der Waals surface area (Å²) < 4.78 is 0.945. The number of halogens is 1. The van der Waals surface area contributed by atoms with Crippen molar-refractivity contribution in [2.75, 3.05) is 11.9 Å². The Hall–Kier alpha value is -2.01. The maximum absolute atomic E-state index is 12.4. The van der Waals surface area contributed by atoms with Crippen LogP contribution >= 0.6 is 15.9 Å². The van der Waals surface area contributed by atoms with Crippen LogP contribution in [0, 0.1) is 0 Å². The average molecular weight is 344 g/mol. The Morgan fingerprint density at radius 3 is 2.76 bits per heavy atom. The Labute approximate surface area is 131 Å². The molecule has 1 aliphatic heterocycles. The van der Waals surface area contributed by atoms with E-state index in [4.69, 9.17) is 0 Å². The third-order valence-corrected chi connectivity index (χ3v) is 3.99. The van der Waals surface area contributed by atoms with Crippen molar-refractivity contribution in [3.63, 3.8) is 0 Å². The first kappa shape index (κ1) is 13.9. The van der Waals surface area contributed by atoms with Crippen LogP contribution in [0.15, 0.2) is 52.1 Å². The van der Waals surface area contributed by atoms with E-state index in [0.717, 1.165) is 27.1 Å². The number of fused-ring (bicyclic) bond motifs is 1. The van der Waals surface area contributed by atoms with Crippen molar-refractivity contribution in [3.8, 4) is 0 Å². The molecule has 1 amide bonds. The Morgan fingerprint density at radius 1 is 1.24 bits per heavy atom. The molecule has 1 atom stereocenters. The highest BCUT2D eigenvalue weighted by molar-refractivity contribution is 9.10. The lowest BCUT2D eigenvalue weighted by molar-refractivity contribution is -0.119. The number of amides is 1. The summed E-state index contributed by atoms with van der Waals surface area (Å²) in [6, 6.07) is 11.1. The van der Waals surface area contributed by atoms with E-state index in [1.165, 1.54) is 0 Å². The molecule has 1 aromatic heterocycles. The molecule has 5 heteroatoms. The monoisotopic (exact) mass is 343 g/mol. The number of anilines is 1. The van der Waals surface area contributed by atoms with Gasteiger partial charge in [0.15, 0.2) is 0 Å². The highest BCUT2D eigenvalue weighted by Gasteiger charge is 2.27. The Morgan fingerprint density at radius 2 is 2.05 bits per heavy atom. The van der Waals surface area contributed by atoms with Crippen LogP contribution in [0.3, 0.4) is 0 Å². The van der Waals surface area contributed by atoms with Crippen molar-refractivity contribution in [3.05, 3.63) is 58.3 Å². The number of hydrogen-bond donors (Lipinski definition) is 0. The van der Waals surface area contributed by atoms with E-state index < -0.39 is 6.04 Å². The second-order valence-corrected chi connectivity index (χ2v) is 5.84. The van der Waals surface area contributed by atoms with Gasteiger partial charge >= 0.3 is 0 Å². The predicted molar refractivity (Wildman–Crippen MR) is 86.9 cm³/mol. The third kappa shape index (κ3) is 2.49. The van der Waals surface area contributed by atoms with Gasteiger partial charge in [-0.1, -0.05) is 22.0 Å². The van der Waals surface area contributed by atoms with Crippen molar-refractivity contribution in [1.82, 2.24) is 4.98 Å². The Kier molecular flexibility index (Phi) is 3.59. The summed E-state index contributed by atoms with van der Waals surface area (Å²) in [4.78, 5) is 23.0. The van der Waals surface area contributed by atoms with E-state index in [0.29, 0.717) is 0 Å². The molecule has 21 heavy (non-hydrogen) atoms. The quantitative estimate of drug-likeness (QED) is 0.798. The van der Waals surface area contributed by atoms with Gasteiger partial charge in [0.1, 0.15) is 6.04 Å². The van der Waals surface area contributed by atoms with Crippen LogP contribution in [0.25, 0.3) is 0 Å². The molecule has 0 saturated heterocycles. The number of carbonyl (C=O) groups is 1. The first-order valence-electron chi connectivity index (χ1n) is 6.64. The van der Waals surface area contributed by atoms with Gasteiger partial charge < -0.3 is 4.90 Å². The molecule has 0 spiro atoms. The van der Waals surface area contributed by atoms with Gasteiger partial charge in [-0.15, -0.1) is 0 Å². The molecule has 106 valence electrons. The Bertz CT molecular complexity index is 728. The van der Waals surface area contributed by atoms with Crippen LogP contribution in [-0.2, 0) is 4.79 Å². The SMILES string of the molecule is CC1N=C(c2ccccn2)c2cc(Br)ccc2N(C)C1=O. The van der Waals surface area contributed by atoms with Crippen LogP contribution in [0.4, 0.5) is 5.69 Å². The lowest BCUT2D eigenvalue weighted by atomic mass is 10.0. The fraction of sp³-hybridized carbons (Fsp3) is 0.188. The summed E-state index contributed by atoms with van der Waals surface area (Å²) in [6.45, 7) is 1.81. The zero-order chi connectivity index (χ0) is 15.0. The molecule has 4 nitrogen and oxygen atoms in total. The van der Waals surface area contributed by atoms with Gasteiger partial charge in [-0.3, -0.25) is 14.8 Å². The number of rotatable bonds is 1. The topological polar surface area (TPSA) is 45.6 Å². The fourth-order valence-electron chi connectivity index (χ4n) is 2.41. The smallest absolute Gasteiger partial charge is 0.251 e. The molecule has 0 N–H and O–H groups in total. The highest BCUT2D eigenvalue weighted by Crippen LogP contribution is 2.29. The van der Waals surface area contributed by atoms with Gasteiger partial charge in [0, 0.05) is 23.3 Å². The number of aliphatic imine (C=N–C) groups is 1. The predicted octanol–water partition coefficient (Wildman–Crippen LogP) is 3.05. The first-order chi connectivity index (χ1) is 10.1. The minimum absolute atomic E-state index is 0.0236. The molecule has 0 aliphatic carbocycles. The molecular weight excluding hydrogens is 330 g/mol. The summed E-state index contributed by atoms with van der Waals surface area (Å²) in [5, 5.41) is 0. The number of hydrogen-bond acceptors (Lipinski definition) is 3. The third-order valence-electron chi connectivity index (χ3n) is 3.49. The molecule has 1 unspecified atom stereocenters. The molecule has 3 rings (SSSR count). The highest BCUT2D eigenvalue weighted by atomic mass is 79.9. The molecule has 1 aromatic carbocycles. The number of nitrogens with zero attached hydrogens (tertiary/aromatic N) is 3. The van der Waals surface area contributed by atoms with E-state index in [1.54, 1.807) is 18.1 Å². The van der Waals surface area contributed by atoms with E-state index >= 15 is 0 Å². The molecule has 0 bridgehead atoms. The van der Waals surface area contributed by atoms with Crippen molar-refractivity contribution in [2.45, 2.75) is 13.0 Å². The van der Waals surface area contributed by atoms with Crippen molar-refractivity contribution in [1.29, 1.82) is 0 Å². The van der Waals surface area contributed by atoms with Crippen LogP contribution in [0.2, 0.25) is 0 Å². The standard InChI is InChI=1S/C16H14BrN3O/c1-10-16(21)20(2)14-7-6-11(17)9-12(14)15(19-10)13-5-3-4-8-18-13/h3-10H,1-2H3. The maximum Gasteiger partial charge on any atom is 0.251 e. The first-order valence-corrected chi connectivity index (χ1v) is 7.44. The summed E-state index contributed by atoms with van der Waals surface area (Å²) in [6.07, 6.45) is 1.73. The summed E-state index contributed by atoms with van der Waals surface area (Å²) in [7, 11) is 1.78. The van der Waals surface area contributed by atoms with Gasteiger partial charge in [0.25, 0.3) is 5.91 Å². The van der Waals surface area contributed by atoms with E-state index in [9.17, 15) is 4.79 Å². The molecular formula is C16H14BrN3O. The van der Waals surface area contributed by atoms with E-state index in [-0.39, 0.29) is 5.91 Å². The number of benzodiazepines with no additional fused rings is 1. The molecule has 2 heterocycles. The van der Waals surface area contributed by atoms with Crippen LogP contribution in [-0.4, -0.2) is 29.7 Å². The maximum atomic E-state index is 12.4.